The molecule has 0 spiro atoms. The van der Waals surface area contributed by atoms with Crippen molar-refractivity contribution in [3.63, 3.8) is 0 Å². The fourth-order valence-electron chi connectivity index (χ4n) is 6.72. The molecular weight excluding hydrogens is 632 g/mol. The molecule has 14 nitrogen and oxygen atoms in total. The molecule has 4 N–H and O–H groups in total. The molecule has 6 amide bonds. The predicted molar refractivity (Wildman–Crippen MR) is 185 cm³/mol. The standard InChI is InChI=1S/C35H60N6O8/c1-9-23(2)31(26(48-7)21-29(44)40-20-14-15-25(40)32(49-8)24(3)33(36)46)39(6)30(45)22-37-34(47)35(4,5)38-18-12-10-11-13-19-41-27(42)16-17-28(41)43/h16-17,23-26,31-32,38H,9-15,18-22H2,1-8H3,(H2,36,46)(H,37,47). The van der Waals surface area contributed by atoms with Crippen molar-refractivity contribution in [2.24, 2.45) is 17.6 Å². The first kappa shape index (κ1) is 41.8. The molecule has 2 aliphatic heterocycles. The van der Waals surface area contributed by atoms with Gasteiger partial charge >= 0.3 is 0 Å². The number of likely N-dealkylation sites (tertiary alicyclic amines) is 1. The van der Waals surface area contributed by atoms with E-state index in [-0.39, 0.29) is 54.5 Å². The van der Waals surface area contributed by atoms with Crippen molar-refractivity contribution in [1.29, 1.82) is 0 Å². The summed E-state index contributed by atoms with van der Waals surface area (Å²) in [6, 6.07) is -0.723. The van der Waals surface area contributed by atoms with Crippen molar-refractivity contribution in [1.82, 2.24) is 25.3 Å². The maximum absolute atomic E-state index is 13.7. The van der Waals surface area contributed by atoms with Crippen LogP contribution in [0.5, 0.6) is 0 Å². The zero-order valence-corrected chi connectivity index (χ0v) is 30.8. The molecule has 6 unspecified atom stereocenters. The summed E-state index contributed by atoms with van der Waals surface area (Å²) >= 11 is 0. The zero-order chi connectivity index (χ0) is 36.9. The van der Waals surface area contributed by atoms with E-state index in [1.807, 2.05) is 13.8 Å². The molecule has 2 rings (SSSR count). The zero-order valence-electron chi connectivity index (χ0n) is 30.8. The number of nitrogens with one attached hydrogen (secondary N) is 2. The molecule has 0 aliphatic carbocycles. The van der Waals surface area contributed by atoms with E-state index in [2.05, 4.69) is 10.6 Å². The van der Waals surface area contributed by atoms with Gasteiger partial charge in [-0.2, -0.15) is 0 Å². The Labute approximate surface area is 291 Å². The van der Waals surface area contributed by atoms with Crippen LogP contribution in [0.2, 0.25) is 0 Å². The van der Waals surface area contributed by atoms with Crippen LogP contribution in [0, 0.1) is 11.8 Å². The minimum Gasteiger partial charge on any atom is -0.379 e. The Morgan fingerprint density at radius 2 is 1.67 bits per heavy atom. The number of nitrogens with two attached hydrogens (primary N) is 1. The maximum Gasteiger partial charge on any atom is 0.253 e. The highest BCUT2D eigenvalue weighted by Crippen LogP contribution is 2.29. The van der Waals surface area contributed by atoms with Gasteiger partial charge in [0.25, 0.3) is 11.8 Å². The van der Waals surface area contributed by atoms with Crippen LogP contribution < -0.4 is 16.4 Å². The number of hydrogen-bond acceptors (Lipinski definition) is 9. The highest BCUT2D eigenvalue weighted by molar-refractivity contribution is 6.12. The van der Waals surface area contributed by atoms with Crippen molar-refractivity contribution in [3.8, 4) is 0 Å². The molecular formula is C35H60N6O8. The molecule has 0 aromatic heterocycles. The fraction of sp³-hybridized carbons (Fsp3) is 0.771. The van der Waals surface area contributed by atoms with E-state index in [4.69, 9.17) is 15.2 Å². The van der Waals surface area contributed by atoms with Gasteiger partial charge in [0.1, 0.15) is 0 Å². The summed E-state index contributed by atoms with van der Waals surface area (Å²) in [4.78, 5) is 80.0. The highest BCUT2D eigenvalue weighted by atomic mass is 16.5. The number of nitrogens with zero attached hydrogens (tertiary/aromatic N) is 3. The number of amides is 6. The van der Waals surface area contributed by atoms with E-state index >= 15 is 0 Å². The van der Waals surface area contributed by atoms with Gasteiger partial charge in [-0.1, -0.05) is 40.0 Å². The van der Waals surface area contributed by atoms with Gasteiger partial charge in [-0.3, -0.25) is 33.7 Å². The van der Waals surface area contributed by atoms with Gasteiger partial charge in [0.2, 0.25) is 23.6 Å². The number of carbonyl (C=O) groups is 6. The van der Waals surface area contributed by atoms with E-state index < -0.39 is 35.6 Å². The van der Waals surface area contributed by atoms with E-state index in [9.17, 15) is 28.8 Å². The summed E-state index contributed by atoms with van der Waals surface area (Å²) < 4.78 is 11.5. The average molecular weight is 693 g/mol. The van der Waals surface area contributed by atoms with Gasteiger partial charge < -0.3 is 35.6 Å². The molecule has 2 aliphatic rings. The number of likely N-dealkylation sites (N-methyl/N-ethyl adjacent to an activating group) is 1. The molecule has 49 heavy (non-hydrogen) atoms. The molecule has 2 heterocycles. The third kappa shape index (κ3) is 11.6. The Balaban J connectivity index is 1.91. The molecule has 0 bridgehead atoms. The van der Waals surface area contributed by atoms with Crippen molar-refractivity contribution in [2.45, 2.75) is 116 Å². The maximum atomic E-state index is 13.7. The van der Waals surface area contributed by atoms with E-state index in [0.29, 0.717) is 26.1 Å². The van der Waals surface area contributed by atoms with Crippen molar-refractivity contribution < 1.29 is 38.2 Å². The number of methoxy groups -OCH3 is 2. The normalized spacial score (nSPS) is 19.5. The molecule has 1 fully saturated rings. The molecule has 0 radical (unpaired) electrons. The molecule has 278 valence electrons. The lowest BCUT2D eigenvalue weighted by Crippen LogP contribution is -2.56. The number of imide groups is 1. The minimum atomic E-state index is -0.922. The largest absolute Gasteiger partial charge is 0.379 e. The van der Waals surface area contributed by atoms with Gasteiger partial charge in [-0.05, 0) is 52.0 Å². The van der Waals surface area contributed by atoms with E-state index in [0.717, 1.165) is 38.5 Å². The smallest absolute Gasteiger partial charge is 0.253 e. The van der Waals surface area contributed by atoms with Gasteiger partial charge in [0.15, 0.2) is 0 Å². The lowest BCUT2D eigenvalue weighted by atomic mass is 9.90. The van der Waals surface area contributed by atoms with Gasteiger partial charge in [-0.25, -0.2) is 0 Å². The van der Waals surface area contributed by atoms with Crippen LogP contribution in [0.3, 0.4) is 0 Å². The third-order valence-electron chi connectivity index (χ3n) is 10.1. The van der Waals surface area contributed by atoms with E-state index in [1.54, 1.807) is 37.6 Å². The summed E-state index contributed by atoms with van der Waals surface area (Å²) in [5, 5.41) is 6.02. The number of hydrogen-bond donors (Lipinski definition) is 3. The second kappa shape index (κ2) is 19.7. The lowest BCUT2D eigenvalue weighted by molar-refractivity contribution is -0.145. The van der Waals surface area contributed by atoms with Gasteiger partial charge in [0, 0.05) is 46.5 Å². The molecule has 14 heteroatoms. The Kier molecular flexibility index (Phi) is 16.8. The van der Waals surface area contributed by atoms with Crippen molar-refractivity contribution in [2.75, 3.05) is 47.4 Å². The number of ether oxygens (including phenoxy) is 2. The number of primary amides is 1. The molecule has 1 saturated heterocycles. The summed E-state index contributed by atoms with van der Waals surface area (Å²) in [6.45, 7) is 10.5. The summed E-state index contributed by atoms with van der Waals surface area (Å²) in [5.41, 5.74) is 4.64. The SMILES string of the molecule is CCC(C)C(C(CC(=O)N1CCCC1C(OC)C(C)C(N)=O)OC)N(C)C(=O)CNC(=O)C(C)(C)NCCCCCCN1C(=O)C=CC1=O. The Morgan fingerprint density at radius 1 is 1.04 bits per heavy atom. The summed E-state index contributed by atoms with van der Waals surface area (Å²) in [7, 11) is 4.72. The second-order valence-electron chi connectivity index (χ2n) is 13.9. The van der Waals surface area contributed by atoms with Crippen LogP contribution >= 0.6 is 0 Å². The van der Waals surface area contributed by atoms with E-state index in [1.165, 1.54) is 31.3 Å². The number of rotatable bonds is 22. The first-order valence-corrected chi connectivity index (χ1v) is 17.6. The third-order valence-corrected chi connectivity index (χ3v) is 10.1. The summed E-state index contributed by atoms with van der Waals surface area (Å²) in [6.07, 6.45) is 6.94. The minimum absolute atomic E-state index is 0.00973. The van der Waals surface area contributed by atoms with Gasteiger partial charge in [0.05, 0.1) is 48.7 Å². The van der Waals surface area contributed by atoms with Crippen LogP contribution in [0.4, 0.5) is 0 Å². The molecule has 0 aromatic carbocycles. The summed E-state index contributed by atoms with van der Waals surface area (Å²) in [5.74, 6) is -2.36. The van der Waals surface area contributed by atoms with Crippen LogP contribution in [0.1, 0.15) is 86.0 Å². The Morgan fingerprint density at radius 3 is 2.24 bits per heavy atom. The lowest BCUT2D eigenvalue weighted by Gasteiger charge is -2.39. The Hall–Kier alpha value is -3.36. The highest BCUT2D eigenvalue weighted by Gasteiger charge is 2.41. The molecule has 0 aromatic rings. The van der Waals surface area contributed by atoms with Crippen LogP contribution in [-0.4, -0.2) is 127 Å². The van der Waals surface area contributed by atoms with Crippen molar-refractivity contribution in [3.05, 3.63) is 12.2 Å². The number of unbranched alkanes of at least 4 members (excludes halogenated alkanes) is 3. The quantitative estimate of drug-likeness (QED) is 0.112. The molecule has 0 saturated carbocycles. The first-order valence-electron chi connectivity index (χ1n) is 17.6. The Bertz CT molecular complexity index is 1170. The van der Waals surface area contributed by atoms with Crippen LogP contribution in [-0.2, 0) is 38.2 Å². The average Bonchev–Trinajstić information content (AvgIpc) is 3.68. The van der Waals surface area contributed by atoms with Crippen molar-refractivity contribution >= 4 is 35.4 Å². The van der Waals surface area contributed by atoms with Crippen LogP contribution in [0.25, 0.3) is 0 Å². The fourth-order valence-corrected chi connectivity index (χ4v) is 6.72. The predicted octanol–water partition coefficient (Wildman–Crippen LogP) is 1.36. The monoisotopic (exact) mass is 692 g/mol. The number of carbonyl (C=O) groups excluding carboxylic acids is 6. The first-order chi connectivity index (χ1) is 23.1. The van der Waals surface area contributed by atoms with Crippen LogP contribution in [0.15, 0.2) is 12.2 Å². The topological polar surface area (TPSA) is 181 Å². The van der Waals surface area contributed by atoms with Gasteiger partial charge in [-0.15, -0.1) is 0 Å². The second-order valence-corrected chi connectivity index (χ2v) is 13.9. The molecule has 6 atom stereocenters.